The monoisotopic (exact) mass is 253 g/mol. The van der Waals surface area contributed by atoms with Gasteiger partial charge in [-0.3, -0.25) is 10.1 Å². The highest BCUT2D eigenvalue weighted by molar-refractivity contribution is 5.89. The second-order valence-corrected chi connectivity index (χ2v) is 5.63. The Balaban J connectivity index is 1.95. The van der Waals surface area contributed by atoms with E-state index < -0.39 is 0 Å². The van der Waals surface area contributed by atoms with Crippen molar-refractivity contribution >= 4 is 5.91 Å². The average Bonchev–Trinajstić information content (AvgIpc) is 2.91. The predicted octanol–water partition coefficient (Wildman–Crippen LogP) is 1.42. The lowest BCUT2D eigenvalue weighted by Crippen LogP contribution is -2.44. The summed E-state index contributed by atoms with van der Waals surface area (Å²) >= 11 is 0. The number of rotatable bonds is 5. The SMILES string of the molecule is CCN(CC)CCN1C(=O)C2(CCCC2)NC1C. The van der Waals surface area contributed by atoms with E-state index >= 15 is 0 Å². The van der Waals surface area contributed by atoms with Gasteiger partial charge in [0.15, 0.2) is 0 Å². The number of hydrogen-bond donors (Lipinski definition) is 1. The molecule has 1 aliphatic heterocycles. The van der Waals surface area contributed by atoms with Gasteiger partial charge in [-0.1, -0.05) is 26.7 Å². The first kappa shape index (κ1) is 13.8. The molecule has 1 aliphatic carbocycles. The van der Waals surface area contributed by atoms with Crippen LogP contribution in [-0.2, 0) is 4.79 Å². The molecule has 1 N–H and O–H groups in total. The number of carbonyl (C=O) groups excluding carboxylic acids is 1. The van der Waals surface area contributed by atoms with Gasteiger partial charge in [0.05, 0.1) is 11.7 Å². The largest absolute Gasteiger partial charge is 0.325 e. The van der Waals surface area contributed by atoms with E-state index in [0.717, 1.165) is 39.0 Å². The summed E-state index contributed by atoms with van der Waals surface area (Å²) in [5, 5.41) is 3.55. The number of hydrogen-bond acceptors (Lipinski definition) is 3. The number of likely N-dealkylation sites (N-methyl/N-ethyl adjacent to an activating group) is 1. The smallest absolute Gasteiger partial charge is 0.244 e. The molecule has 4 heteroatoms. The van der Waals surface area contributed by atoms with Crippen molar-refractivity contribution in [1.82, 2.24) is 15.1 Å². The molecular formula is C14H27N3O. The Kier molecular flexibility index (Phi) is 4.28. The minimum absolute atomic E-state index is 0.200. The molecule has 18 heavy (non-hydrogen) atoms. The molecule has 0 bridgehead atoms. The van der Waals surface area contributed by atoms with Crippen molar-refractivity contribution in [3.63, 3.8) is 0 Å². The summed E-state index contributed by atoms with van der Waals surface area (Å²) in [4.78, 5) is 17.0. The molecule has 1 saturated carbocycles. The summed E-state index contributed by atoms with van der Waals surface area (Å²) in [6, 6.07) is 0. The molecule has 1 unspecified atom stereocenters. The third-order valence-corrected chi connectivity index (χ3v) is 4.63. The fourth-order valence-electron chi connectivity index (χ4n) is 3.41. The lowest BCUT2D eigenvalue weighted by atomic mass is 9.98. The Bertz CT molecular complexity index is 295. The van der Waals surface area contributed by atoms with Gasteiger partial charge in [0.1, 0.15) is 0 Å². The molecule has 4 nitrogen and oxygen atoms in total. The van der Waals surface area contributed by atoms with Gasteiger partial charge < -0.3 is 9.80 Å². The molecular weight excluding hydrogens is 226 g/mol. The van der Waals surface area contributed by atoms with Gasteiger partial charge in [-0.25, -0.2) is 0 Å². The maximum absolute atomic E-state index is 12.6. The molecule has 1 amide bonds. The van der Waals surface area contributed by atoms with Crippen LogP contribution in [0.4, 0.5) is 0 Å². The number of amides is 1. The molecule has 2 rings (SSSR count). The second-order valence-electron chi connectivity index (χ2n) is 5.63. The Labute approximate surface area is 111 Å². The lowest BCUT2D eigenvalue weighted by Gasteiger charge is -2.26. The summed E-state index contributed by atoms with van der Waals surface area (Å²) in [5.74, 6) is 0.347. The van der Waals surface area contributed by atoms with E-state index in [9.17, 15) is 4.79 Å². The van der Waals surface area contributed by atoms with Gasteiger partial charge in [-0.15, -0.1) is 0 Å². The van der Waals surface area contributed by atoms with Gasteiger partial charge >= 0.3 is 0 Å². The lowest BCUT2D eigenvalue weighted by molar-refractivity contribution is -0.133. The van der Waals surface area contributed by atoms with E-state index in [1.807, 2.05) is 4.90 Å². The average molecular weight is 253 g/mol. The topological polar surface area (TPSA) is 35.6 Å². The van der Waals surface area contributed by atoms with Crippen molar-refractivity contribution in [2.45, 2.75) is 58.2 Å². The minimum atomic E-state index is -0.206. The Morgan fingerprint density at radius 3 is 2.50 bits per heavy atom. The molecule has 1 heterocycles. The van der Waals surface area contributed by atoms with E-state index in [2.05, 4.69) is 31.0 Å². The maximum atomic E-state index is 12.6. The Hall–Kier alpha value is -0.610. The third-order valence-electron chi connectivity index (χ3n) is 4.63. The van der Waals surface area contributed by atoms with Gasteiger partial charge in [-0.2, -0.15) is 0 Å². The molecule has 2 aliphatic rings. The maximum Gasteiger partial charge on any atom is 0.244 e. The third kappa shape index (κ3) is 2.41. The van der Waals surface area contributed by atoms with Crippen LogP contribution < -0.4 is 5.32 Å². The van der Waals surface area contributed by atoms with Crippen molar-refractivity contribution in [2.24, 2.45) is 0 Å². The highest BCUT2D eigenvalue weighted by Crippen LogP contribution is 2.36. The fraction of sp³-hybridized carbons (Fsp3) is 0.929. The zero-order chi connectivity index (χ0) is 13.2. The summed E-state index contributed by atoms with van der Waals surface area (Å²) in [5.41, 5.74) is -0.206. The van der Waals surface area contributed by atoms with Crippen LogP contribution in [0.1, 0.15) is 46.5 Å². The second kappa shape index (κ2) is 5.57. The van der Waals surface area contributed by atoms with E-state index in [1.165, 1.54) is 12.8 Å². The summed E-state index contributed by atoms with van der Waals surface area (Å²) < 4.78 is 0. The van der Waals surface area contributed by atoms with Gasteiger partial charge in [0, 0.05) is 13.1 Å². The van der Waals surface area contributed by atoms with Gasteiger partial charge in [-0.05, 0) is 32.9 Å². The molecule has 2 fully saturated rings. The normalized spacial score (nSPS) is 26.8. The molecule has 1 saturated heterocycles. The van der Waals surface area contributed by atoms with Crippen LogP contribution in [0, 0.1) is 0 Å². The molecule has 0 aromatic rings. The molecule has 1 spiro atoms. The van der Waals surface area contributed by atoms with Crippen LogP contribution in [0.3, 0.4) is 0 Å². The quantitative estimate of drug-likeness (QED) is 0.805. The van der Waals surface area contributed by atoms with E-state index in [0.29, 0.717) is 5.91 Å². The molecule has 0 aromatic heterocycles. The van der Waals surface area contributed by atoms with Crippen LogP contribution in [0.2, 0.25) is 0 Å². The minimum Gasteiger partial charge on any atom is -0.325 e. The first-order chi connectivity index (χ1) is 8.63. The zero-order valence-electron chi connectivity index (χ0n) is 12.0. The van der Waals surface area contributed by atoms with Crippen LogP contribution in [0.5, 0.6) is 0 Å². The number of carbonyl (C=O) groups is 1. The van der Waals surface area contributed by atoms with Crippen molar-refractivity contribution in [1.29, 1.82) is 0 Å². The molecule has 1 atom stereocenters. The standard InChI is InChI=1S/C14H27N3O/c1-4-16(5-2)10-11-17-12(3)15-14(13(17)18)8-6-7-9-14/h12,15H,4-11H2,1-3H3. The highest BCUT2D eigenvalue weighted by Gasteiger charge is 2.50. The van der Waals surface area contributed by atoms with Crippen LogP contribution in [0.25, 0.3) is 0 Å². The van der Waals surface area contributed by atoms with Crippen LogP contribution in [0.15, 0.2) is 0 Å². The summed E-state index contributed by atoms with van der Waals surface area (Å²) in [7, 11) is 0. The fourth-order valence-corrected chi connectivity index (χ4v) is 3.41. The van der Waals surface area contributed by atoms with Crippen molar-refractivity contribution in [3.05, 3.63) is 0 Å². The van der Waals surface area contributed by atoms with Gasteiger partial charge in [0.25, 0.3) is 0 Å². The first-order valence-corrected chi connectivity index (χ1v) is 7.44. The van der Waals surface area contributed by atoms with Crippen molar-refractivity contribution in [3.8, 4) is 0 Å². The van der Waals surface area contributed by atoms with E-state index in [-0.39, 0.29) is 11.7 Å². The van der Waals surface area contributed by atoms with Crippen molar-refractivity contribution in [2.75, 3.05) is 26.2 Å². The van der Waals surface area contributed by atoms with Crippen LogP contribution in [-0.4, -0.2) is 53.6 Å². The summed E-state index contributed by atoms with van der Waals surface area (Å²) in [6.45, 7) is 10.4. The molecule has 0 aromatic carbocycles. The highest BCUT2D eigenvalue weighted by atomic mass is 16.2. The van der Waals surface area contributed by atoms with E-state index in [4.69, 9.17) is 0 Å². The number of nitrogens with one attached hydrogen (secondary N) is 1. The van der Waals surface area contributed by atoms with Gasteiger partial charge in [0.2, 0.25) is 5.91 Å². The Morgan fingerprint density at radius 2 is 1.94 bits per heavy atom. The molecule has 104 valence electrons. The first-order valence-electron chi connectivity index (χ1n) is 7.44. The van der Waals surface area contributed by atoms with E-state index in [1.54, 1.807) is 0 Å². The zero-order valence-corrected chi connectivity index (χ0v) is 12.0. The summed E-state index contributed by atoms with van der Waals surface area (Å²) in [6.07, 6.45) is 4.63. The van der Waals surface area contributed by atoms with Crippen LogP contribution >= 0.6 is 0 Å². The number of nitrogens with zero attached hydrogens (tertiary/aromatic N) is 2. The van der Waals surface area contributed by atoms with Crippen molar-refractivity contribution < 1.29 is 4.79 Å². The predicted molar refractivity (Wildman–Crippen MR) is 73.3 cm³/mol. The Morgan fingerprint density at radius 1 is 1.33 bits per heavy atom. The molecule has 0 radical (unpaired) electrons.